The molecule has 0 spiro atoms. The van der Waals surface area contributed by atoms with E-state index in [4.69, 9.17) is 0 Å². The van der Waals surface area contributed by atoms with Crippen molar-refractivity contribution in [2.75, 3.05) is 13.1 Å². The lowest BCUT2D eigenvalue weighted by Crippen LogP contribution is -2.69. The first-order valence-electron chi connectivity index (χ1n) is 6.36. The highest BCUT2D eigenvalue weighted by Gasteiger charge is 2.44. The zero-order valence-corrected chi connectivity index (χ0v) is 9.24. The second-order valence-electron chi connectivity index (χ2n) is 5.36. The van der Waals surface area contributed by atoms with Crippen molar-refractivity contribution in [3.05, 3.63) is 0 Å². The quantitative estimate of drug-likeness (QED) is 0.738. The summed E-state index contributed by atoms with van der Waals surface area (Å²) in [5.41, 5.74) is 0. The summed E-state index contributed by atoms with van der Waals surface area (Å²) in [5.74, 6) is 1.14. The fourth-order valence-electron chi connectivity index (χ4n) is 3.46. The van der Waals surface area contributed by atoms with Crippen LogP contribution in [0.25, 0.3) is 0 Å². The van der Waals surface area contributed by atoms with E-state index in [1.165, 1.54) is 32.1 Å². The van der Waals surface area contributed by atoms with Crippen LogP contribution in [0.2, 0.25) is 0 Å². The average Bonchev–Trinajstić information content (AvgIpc) is 2.71. The van der Waals surface area contributed by atoms with Gasteiger partial charge in [-0.3, -0.25) is 4.79 Å². The Morgan fingerprint density at radius 1 is 1.20 bits per heavy atom. The molecule has 1 saturated carbocycles. The third-order valence-electron chi connectivity index (χ3n) is 4.32. The van der Waals surface area contributed by atoms with E-state index in [-0.39, 0.29) is 0 Å². The molecule has 2 heterocycles. The van der Waals surface area contributed by atoms with Crippen LogP contribution in [0.4, 0.5) is 0 Å². The molecule has 2 atom stereocenters. The number of amides is 1. The minimum absolute atomic E-state index is 0.435. The van der Waals surface area contributed by atoms with Gasteiger partial charge in [-0.15, -0.1) is 0 Å². The van der Waals surface area contributed by atoms with Crippen molar-refractivity contribution in [2.45, 2.75) is 50.6 Å². The molecule has 2 unspecified atom stereocenters. The summed E-state index contributed by atoms with van der Waals surface area (Å²) in [6, 6.07) is 1.05. The van der Waals surface area contributed by atoms with E-state index in [0.717, 1.165) is 19.5 Å². The summed E-state index contributed by atoms with van der Waals surface area (Å²) < 4.78 is 0. The van der Waals surface area contributed by atoms with Crippen molar-refractivity contribution in [3.8, 4) is 0 Å². The Balaban J connectivity index is 1.55. The zero-order chi connectivity index (χ0) is 10.3. The van der Waals surface area contributed by atoms with Crippen molar-refractivity contribution in [1.29, 1.82) is 0 Å². The van der Waals surface area contributed by atoms with Gasteiger partial charge in [-0.1, -0.05) is 12.8 Å². The predicted octanol–water partition coefficient (Wildman–Crippen LogP) is 1.14. The number of piperidine rings is 1. The highest BCUT2D eigenvalue weighted by molar-refractivity contribution is 5.78. The van der Waals surface area contributed by atoms with Crippen molar-refractivity contribution >= 4 is 5.91 Å². The van der Waals surface area contributed by atoms with E-state index in [1.807, 2.05) is 0 Å². The number of carbonyl (C=O) groups is 1. The molecule has 3 rings (SSSR count). The molecular formula is C12H20N2O. The molecular weight excluding hydrogens is 188 g/mol. The Bertz CT molecular complexity index is 246. The second-order valence-corrected chi connectivity index (χ2v) is 5.36. The zero-order valence-electron chi connectivity index (χ0n) is 9.24. The molecule has 0 aromatic rings. The van der Waals surface area contributed by atoms with Crippen LogP contribution in [-0.4, -0.2) is 36.0 Å². The van der Waals surface area contributed by atoms with Crippen molar-refractivity contribution < 1.29 is 4.79 Å². The molecule has 84 valence electrons. The normalized spacial score (nSPS) is 35.3. The summed E-state index contributed by atoms with van der Waals surface area (Å²) in [7, 11) is 0. The van der Waals surface area contributed by atoms with Gasteiger partial charge < -0.3 is 10.2 Å². The first-order valence-corrected chi connectivity index (χ1v) is 6.36. The van der Waals surface area contributed by atoms with Gasteiger partial charge in [-0.2, -0.15) is 0 Å². The van der Waals surface area contributed by atoms with E-state index in [1.54, 1.807) is 0 Å². The smallest absolute Gasteiger partial charge is 0.223 e. The van der Waals surface area contributed by atoms with Gasteiger partial charge in [0.15, 0.2) is 0 Å². The third kappa shape index (κ3) is 1.67. The van der Waals surface area contributed by atoms with Gasteiger partial charge in [0, 0.05) is 31.6 Å². The summed E-state index contributed by atoms with van der Waals surface area (Å²) in [5, 5.41) is 3.37. The largest absolute Gasteiger partial charge is 0.334 e. The molecule has 2 bridgehead atoms. The maximum Gasteiger partial charge on any atom is 0.223 e. The molecule has 2 aliphatic heterocycles. The molecule has 2 saturated heterocycles. The van der Waals surface area contributed by atoms with Gasteiger partial charge >= 0.3 is 0 Å². The van der Waals surface area contributed by atoms with Crippen LogP contribution in [0, 0.1) is 5.92 Å². The summed E-state index contributed by atoms with van der Waals surface area (Å²) >= 11 is 0. The van der Waals surface area contributed by atoms with Crippen LogP contribution in [0.3, 0.4) is 0 Å². The molecule has 1 aliphatic carbocycles. The number of fused-ring (bicyclic) bond motifs is 2. The van der Waals surface area contributed by atoms with Crippen LogP contribution < -0.4 is 5.32 Å². The van der Waals surface area contributed by atoms with E-state index in [2.05, 4.69) is 10.2 Å². The van der Waals surface area contributed by atoms with E-state index < -0.39 is 0 Å². The van der Waals surface area contributed by atoms with Gasteiger partial charge in [-0.05, 0) is 25.2 Å². The number of hydrogen-bond donors (Lipinski definition) is 1. The highest BCUT2D eigenvalue weighted by atomic mass is 16.2. The minimum atomic E-state index is 0.435. The molecule has 3 nitrogen and oxygen atoms in total. The topological polar surface area (TPSA) is 32.3 Å². The van der Waals surface area contributed by atoms with Crippen LogP contribution in [0.1, 0.15) is 38.5 Å². The first-order chi connectivity index (χ1) is 7.34. The maximum atomic E-state index is 12.1. The third-order valence-corrected chi connectivity index (χ3v) is 4.32. The summed E-state index contributed by atoms with van der Waals surface area (Å²) in [6.07, 6.45) is 7.31. The molecule has 3 heteroatoms. The van der Waals surface area contributed by atoms with Crippen LogP contribution in [0.15, 0.2) is 0 Å². The Morgan fingerprint density at radius 3 is 2.47 bits per heavy atom. The van der Waals surface area contributed by atoms with E-state index in [0.29, 0.717) is 23.9 Å². The fourth-order valence-corrected chi connectivity index (χ4v) is 3.46. The molecule has 0 aromatic carbocycles. The van der Waals surface area contributed by atoms with Gasteiger partial charge in [0.05, 0.1) is 0 Å². The predicted molar refractivity (Wildman–Crippen MR) is 58.5 cm³/mol. The average molecular weight is 208 g/mol. The SMILES string of the molecule is O=C(CC1CCCC1)N1C2CNCC1C2. The van der Waals surface area contributed by atoms with Crippen molar-refractivity contribution in [2.24, 2.45) is 5.92 Å². The van der Waals surface area contributed by atoms with Gasteiger partial charge in [0.1, 0.15) is 0 Å². The number of nitrogens with one attached hydrogen (secondary N) is 1. The van der Waals surface area contributed by atoms with Crippen molar-refractivity contribution in [3.63, 3.8) is 0 Å². The Labute approximate surface area is 91.2 Å². The molecule has 0 radical (unpaired) electrons. The van der Waals surface area contributed by atoms with Crippen LogP contribution >= 0.6 is 0 Å². The summed E-state index contributed by atoms with van der Waals surface area (Å²) in [6.45, 7) is 2.04. The molecule has 15 heavy (non-hydrogen) atoms. The fraction of sp³-hybridized carbons (Fsp3) is 0.917. The molecule has 3 aliphatic rings. The highest BCUT2D eigenvalue weighted by Crippen LogP contribution is 2.33. The lowest BCUT2D eigenvalue weighted by Gasteiger charge is -2.53. The lowest BCUT2D eigenvalue weighted by molar-refractivity contribution is -0.148. The summed E-state index contributed by atoms with van der Waals surface area (Å²) in [4.78, 5) is 14.3. The number of rotatable bonds is 2. The van der Waals surface area contributed by atoms with Gasteiger partial charge in [-0.25, -0.2) is 0 Å². The first kappa shape index (κ1) is 9.64. The van der Waals surface area contributed by atoms with Crippen LogP contribution in [-0.2, 0) is 4.79 Å². The second kappa shape index (κ2) is 3.78. The number of nitrogens with zero attached hydrogens (tertiary/aromatic N) is 1. The minimum Gasteiger partial charge on any atom is -0.334 e. The number of piperazine rings is 1. The van der Waals surface area contributed by atoms with Gasteiger partial charge in [0.2, 0.25) is 5.91 Å². The standard InChI is InChI=1S/C12H20N2O/c15-12(5-9-3-1-2-4-9)14-10-6-11(14)8-13-7-10/h9-11,13H,1-8H2. The molecule has 1 amide bonds. The Kier molecular flexibility index (Phi) is 2.43. The lowest BCUT2D eigenvalue weighted by atomic mass is 9.87. The monoisotopic (exact) mass is 208 g/mol. The Hall–Kier alpha value is -0.570. The van der Waals surface area contributed by atoms with E-state index in [9.17, 15) is 4.79 Å². The van der Waals surface area contributed by atoms with E-state index >= 15 is 0 Å². The molecule has 1 N–H and O–H groups in total. The molecule has 3 fully saturated rings. The Morgan fingerprint density at radius 2 is 1.87 bits per heavy atom. The number of carbonyl (C=O) groups excluding carboxylic acids is 1. The molecule has 0 aromatic heterocycles. The maximum absolute atomic E-state index is 12.1. The van der Waals surface area contributed by atoms with Crippen LogP contribution in [0.5, 0.6) is 0 Å². The van der Waals surface area contributed by atoms with Gasteiger partial charge in [0.25, 0.3) is 0 Å². The van der Waals surface area contributed by atoms with Crippen molar-refractivity contribution in [1.82, 2.24) is 10.2 Å². The number of hydrogen-bond acceptors (Lipinski definition) is 2.